The zero-order valence-corrected chi connectivity index (χ0v) is 14.2. The highest BCUT2D eigenvalue weighted by atomic mass is 79.9. The van der Waals surface area contributed by atoms with E-state index in [1.54, 1.807) is 4.90 Å². The lowest BCUT2D eigenvalue weighted by molar-refractivity contribution is -0.143. The van der Waals surface area contributed by atoms with E-state index in [1.807, 2.05) is 31.2 Å². The van der Waals surface area contributed by atoms with Crippen LogP contribution in [-0.2, 0) is 11.2 Å². The lowest BCUT2D eigenvalue weighted by atomic mass is 9.97. The van der Waals surface area contributed by atoms with Gasteiger partial charge in [-0.05, 0) is 43.9 Å². The molecule has 0 aliphatic carbocycles. The number of aliphatic carboxylic acids is 1. The van der Waals surface area contributed by atoms with Gasteiger partial charge in [0.25, 0.3) is 0 Å². The topological polar surface area (TPSA) is 69.6 Å². The molecule has 2 N–H and O–H groups in total. The number of carbonyl (C=O) groups is 2. The van der Waals surface area contributed by atoms with Crippen LogP contribution in [0.25, 0.3) is 0 Å². The van der Waals surface area contributed by atoms with Gasteiger partial charge < -0.3 is 15.3 Å². The van der Waals surface area contributed by atoms with Gasteiger partial charge in [0.2, 0.25) is 0 Å². The number of nitrogens with zero attached hydrogens (tertiary/aromatic N) is 1. The molecule has 1 aromatic rings. The summed E-state index contributed by atoms with van der Waals surface area (Å²) < 4.78 is 1.04. The Morgan fingerprint density at radius 2 is 1.91 bits per heavy atom. The SMILES string of the molecule is CC(Cc1ccc(Br)cc1)NC(=O)N1CCC(C(=O)O)CC1. The van der Waals surface area contributed by atoms with Gasteiger partial charge in [0.15, 0.2) is 0 Å². The molecule has 120 valence electrons. The third-order valence-corrected chi connectivity index (χ3v) is 4.49. The van der Waals surface area contributed by atoms with E-state index in [0.717, 1.165) is 10.9 Å². The summed E-state index contributed by atoms with van der Waals surface area (Å²) in [5.74, 6) is -1.08. The minimum absolute atomic E-state index is 0.0332. The molecular formula is C16H21BrN2O3. The summed E-state index contributed by atoms with van der Waals surface area (Å²) in [4.78, 5) is 24.8. The van der Waals surface area contributed by atoms with E-state index in [2.05, 4.69) is 21.2 Å². The largest absolute Gasteiger partial charge is 0.481 e. The van der Waals surface area contributed by atoms with Crippen molar-refractivity contribution in [3.8, 4) is 0 Å². The number of benzene rings is 1. The smallest absolute Gasteiger partial charge is 0.317 e. The summed E-state index contributed by atoms with van der Waals surface area (Å²) >= 11 is 3.40. The fourth-order valence-electron chi connectivity index (χ4n) is 2.66. The van der Waals surface area contributed by atoms with Gasteiger partial charge in [0, 0.05) is 23.6 Å². The van der Waals surface area contributed by atoms with E-state index in [9.17, 15) is 9.59 Å². The molecule has 2 rings (SSSR count). The molecule has 1 unspecified atom stereocenters. The Kier molecular flexibility index (Phi) is 5.83. The van der Waals surface area contributed by atoms with Crippen molar-refractivity contribution in [3.05, 3.63) is 34.3 Å². The molecule has 1 saturated heterocycles. The minimum Gasteiger partial charge on any atom is -0.481 e. The second-order valence-electron chi connectivity index (χ2n) is 5.78. The molecule has 1 fully saturated rings. The highest BCUT2D eigenvalue weighted by Crippen LogP contribution is 2.17. The molecule has 1 aromatic carbocycles. The molecule has 6 heteroatoms. The van der Waals surface area contributed by atoms with Crippen LogP contribution < -0.4 is 5.32 Å². The van der Waals surface area contributed by atoms with Crippen molar-refractivity contribution in [2.75, 3.05) is 13.1 Å². The molecule has 0 radical (unpaired) electrons. The van der Waals surface area contributed by atoms with Crippen molar-refractivity contribution in [2.45, 2.75) is 32.2 Å². The Hall–Kier alpha value is -1.56. The Balaban J connectivity index is 1.79. The predicted molar refractivity (Wildman–Crippen MR) is 87.8 cm³/mol. The second-order valence-corrected chi connectivity index (χ2v) is 6.70. The number of carbonyl (C=O) groups excluding carboxylic acids is 1. The first-order chi connectivity index (χ1) is 10.5. The predicted octanol–water partition coefficient (Wildman–Crippen LogP) is 2.89. The summed E-state index contributed by atoms with van der Waals surface area (Å²) in [6.45, 7) is 2.99. The van der Waals surface area contributed by atoms with Gasteiger partial charge >= 0.3 is 12.0 Å². The summed E-state index contributed by atoms with van der Waals surface area (Å²) in [6.07, 6.45) is 1.83. The second kappa shape index (κ2) is 7.63. The first-order valence-electron chi connectivity index (χ1n) is 7.48. The highest BCUT2D eigenvalue weighted by Gasteiger charge is 2.27. The highest BCUT2D eigenvalue weighted by molar-refractivity contribution is 9.10. The van der Waals surface area contributed by atoms with Crippen LogP contribution in [0.4, 0.5) is 4.79 Å². The number of piperidine rings is 1. The number of likely N-dealkylation sites (tertiary alicyclic amines) is 1. The zero-order chi connectivity index (χ0) is 16.1. The Morgan fingerprint density at radius 3 is 2.45 bits per heavy atom. The van der Waals surface area contributed by atoms with Crippen LogP contribution in [-0.4, -0.2) is 41.1 Å². The third kappa shape index (κ3) is 4.73. The summed E-state index contributed by atoms with van der Waals surface area (Å²) in [6, 6.07) is 7.97. The van der Waals surface area contributed by atoms with E-state index in [0.29, 0.717) is 25.9 Å². The normalized spacial score (nSPS) is 17.1. The molecule has 0 spiro atoms. The number of hydrogen-bond donors (Lipinski definition) is 2. The number of rotatable bonds is 4. The Morgan fingerprint density at radius 1 is 1.32 bits per heavy atom. The fraction of sp³-hybridized carbons (Fsp3) is 0.500. The van der Waals surface area contributed by atoms with E-state index in [4.69, 9.17) is 5.11 Å². The van der Waals surface area contributed by atoms with Crippen LogP contribution in [0.15, 0.2) is 28.7 Å². The molecule has 1 heterocycles. The molecule has 0 saturated carbocycles. The maximum Gasteiger partial charge on any atom is 0.317 e. The summed E-state index contributed by atoms with van der Waals surface area (Å²) in [5.41, 5.74) is 1.17. The van der Waals surface area contributed by atoms with Gasteiger partial charge in [0.05, 0.1) is 5.92 Å². The maximum atomic E-state index is 12.2. The van der Waals surface area contributed by atoms with Gasteiger partial charge in [0.1, 0.15) is 0 Å². The van der Waals surface area contributed by atoms with Gasteiger partial charge in [-0.3, -0.25) is 4.79 Å². The van der Waals surface area contributed by atoms with Crippen molar-refractivity contribution >= 4 is 27.9 Å². The number of carboxylic acid groups (broad SMARTS) is 1. The Bertz CT molecular complexity index is 525. The van der Waals surface area contributed by atoms with Crippen LogP contribution in [0.1, 0.15) is 25.3 Å². The van der Waals surface area contributed by atoms with E-state index in [1.165, 1.54) is 5.56 Å². The molecule has 2 amide bonds. The van der Waals surface area contributed by atoms with Crippen molar-refractivity contribution in [1.82, 2.24) is 10.2 Å². The summed E-state index contributed by atoms with van der Waals surface area (Å²) in [5, 5.41) is 12.0. The van der Waals surface area contributed by atoms with Gasteiger partial charge in [-0.15, -0.1) is 0 Å². The Labute approximate surface area is 138 Å². The van der Waals surface area contributed by atoms with E-state index < -0.39 is 5.97 Å². The number of hydrogen-bond acceptors (Lipinski definition) is 2. The number of halogens is 1. The number of amides is 2. The quantitative estimate of drug-likeness (QED) is 0.858. The van der Waals surface area contributed by atoms with Crippen molar-refractivity contribution in [3.63, 3.8) is 0 Å². The standard InChI is InChI=1S/C16H21BrN2O3/c1-11(10-12-2-4-14(17)5-3-12)18-16(22)19-8-6-13(7-9-19)15(20)21/h2-5,11,13H,6-10H2,1H3,(H,18,22)(H,20,21). The lowest BCUT2D eigenvalue weighted by Gasteiger charge is -2.31. The van der Waals surface area contributed by atoms with Crippen molar-refractivity contribution < 1.29 is 14.7 Å². The van der Waals surface area contributed by atoms with Crippen molar-refractivity contribution in [1.29, 1.82) is 0 Å². The molecule has 0 bridgehead atoms. The molecule has 22 heavy (non-hydrogen) atoms. The average Bonchev–Trinajstić information content (AvgIpc) is 2.49. The van der Waals surface area contributed by atoms with Crippen LogP contribution in [0, 0.1) is 5.92 Å². The van der Waals surface area contributed by atoms with Crippen LogP contribution in [0.3, 0.4) is 0 Å². The minimum atomic E-state index is -0.760. The zero-order valence-electron chi connectivity index (χ0n) is 12.6. The lowest BCUT2D eigenvalue weighted by Crippen LogP contribution is -2.48. The molecule has 1 atom stereocenters. The first kappa shape index (κ1) is 16.8. The first-order valence-corrected chi connectivity index (χ1v) is 8.27. The van der Waals surface area contributed by atoms with Gasteiger partial charge in [-0.2, -0.15) is 0 Å². The molecule has 5 nitrogen and oxygen atoms in total. The van der Waals surface area contributed by atoms with Gasteiger partial charge in [-0.25, -0.2) is 4.79 Å². The van der Waals surface area contributed by atoms with Crippen molar-refractivity contribution in [2.24, 2.45) is 5.92 Å². The van der Waals surface area contributed by atoms with E-state index >= 15 is 0 Å². The monoisotopic (exact) mass is 368 g/mol. The number of carboxylic acids is 1. The molecular weight excluding hydrogens is 348 g/mol. The maximum absolute atomic E-state index is 12.2. The van der Waals surface area contributed by atoms with Crippen LogP contribution in [0.2, 0.25) is 0 Å². The van der Waals surface area contributed by atoms with Crippen LogP contribution >= 0.6 is 15.9 Å². The third-order valence-electron chi connectivity index (χ3n) is 3.96. The van der Waals surface area contributed by atoms with E-state index in [-0.39, 0.29) is 18.0 Å². The molecule has 1 aliphatic heterocycles. The molecule has 0 aromatic heterocycles. The van der Waals surface area contributed by atoms with Crippen LogP contribution in [0.5, 0.6) is 0 Å². The summed E-state index contributed by atoms with van der Waals surface area (Å²) in [7, 11) is 0. The number of nitrogens with one attached hydrogen (secondary N) is 1. The number of urea groups is 1. The molecule has 1 aliphatic rings. The van der Waals surface area contributed by atoms with Gasteiger partial charge in [-0.1, -0.05) is 28.1 Å². The average molecular weight is 369 g/mol. The fourth-order valence-corrected chi connectivity index (χ4v) is 2.92.